The van der Waals surface area contributed by atoms with Gasteiger partial charge in [-0.3, -0.25) is 10.1 Å². The van der Waals surface area contributed by atoms with Gasteiger partial charge in [-0.15, -0.1) is 0 Å². The predicted octanol–water partition coefficient (Wildman–Crippen LogP) is 2.80. The number of benzene rings is 1. The Labute approximate surface area is 147 Å². The van der Waals surface area contributed by atoms with Crippen molar-refractivity contribution in [1.29, 1.82) is 0 Å². The molecule has 134 valence electrons. The van der Waals surface area contributed by atoms with Crippen molar-refractivity contribution in [3.05, 3.63) is 41.6 Å². The first-order valence-electron chi connectivity index (χ1n) is 8.32. The normalized spacial score (nSPS) is 16.4. The highest BCUT2D eigenvalue weighted by Gasteiger charge is 2.25. The summed E-state index contributed by atoms with van der Waals surface area (Å²) in [4.78, 5) is 12.4. The van der Waals surface area contributed by atoms with E-state index in [1.807, 2.05) is 0 Å². The molecule has 2 aromatic rings. The maximum absolute atomic E-state index is 12.7. The summed E-state index contributed by atoms with van der Waals surface area (Å²) < 4.78 is 31.9. The summed E-state index contributed by atoms with van der Waals surface area (Å²) in [7, 11) is -3.51. The van der Waals surface area contributed by atoms with Crippen molar-refractivity contribution in [1.82, 2.24) is 9.46 Å². The van der Waals surface area contributed by atoms with Crippen LogP contribution in [0.25, 0.3) is 0 Å². The molecular weight excluding hydrogens is 342 g/mol. The van der Waals surface area contributed by atoms with Gasteiger partial charge in [0.05, 0.1) is 10.6 Å². The molecule has 1 aromatic heterocycles. The van der Waals surface area contributed by atoms with Gasteiger partial charge >= 0.3 is 0 Å². The molecule has 1 fully saturated rings. The van der Waals surface area contributed by atoms with Gasteiger partial charge in [-0.1, -0.05) is 18.0 Å². The minimum Gasteiger partial charge on any atom is -0.338 e. The second kappa shape index (κ2) is 7.37. The summed E-state index contributed by atoms with van der Waals surface area (Å²) in [6.45, 7) is 2.85. The van der Waals surface area contributed by atoms with Gasteiger partial charge in [0.25, 0.3) is 5.91 Å². The fourth-order valence-corrected chi connectivity index (χ4v) is 4.33. The molecule has 0 bridgehead atoms. The van der Waals surface area contributed by atoms with Crippen LogP contribution >= 0.6 is 0 Å². The number of nitrogens with zero attached hydrogens (tertiary/aromatic N) is 2. The zero-order valence-corrected chi connectivity index (χ0v) is 14.9. The topological polar surface area (TPSA) is 92.5 Å². The van der Waals surface area contributed by atoms with E-state index in [0.29, 0.717) is 24.3 Å². The lowest BCUT2D eigenvalue weighted by Crippen LogP contribution is -2.31. The molecule has 1 aliphatic rings. The number of amides is 1. The lowest BCUT2D eigenvalue weighted by Gasteiger charge is -2.20. The lowest BCUT2D eigenvalue weighted by molar-refractivity contribution is 0.102. The van der Waals surface area contributed by atoms with Crippen molar-refractivity contribution < 1.29 is 17.7 Å². The summed E-state index contributed by atoms with van der Waals surface area (Å²) >= 11 is 0. The summed E-state index contributed by atoms with van der Waals surface area (Å²) in [5.74, 6) is -0.126. The summed E-state index contributed by atoms with van der Waals surface area (Å²) in [5.41, 5.74) is 1.01. The number of rotatable bonds is 4. The molecule has 1 N–H and O–H groups in total. The number of carbonyl (C=O) groups is 1. The molecule has 1 amide bonds. The van der Waals surface area contributed by atoms with Crippen LogP contribution in [-0.4, -0.2) is 36.9 Å². The fraction of sp³-hybridized carbons (Fsp3) is 0.412. The molecule has 0 aliphatic carbocycles. The maximum Gasteiger partial charge on any atom is 0.258 e. The van der Waals surface area contributed by atoms with E-state index in [0.717, 1.165) is 25.7 Å². The number of hydrogen-bond donors (Lipinski definition) is 1. The molecule has 3 rings (SSSR count). The molecule has 0 unspecified atom stereocenters. The van der Waals surface area contributed by atoms with Crippen molar-refractivity contribution in [2.24, 2.45) is 0 Å². The Bertz CT molecular complexity index is 835. The highest BCUT2D eigenvalue weighted by atomic mass is 32.2. The van der Waals surface area contributed by atoms with Gasteiger partial charge in [-0.2, -0.15) is 4.31 Å². The zero-order valence-electron chi connectivity index (χ0n) is 14.1. The Morgan fingerprint density at radius 1 is 1.12 bits per heavy atom. The molecule has 0 spiro atoms. The molecule has 1 aliphatic heterocycles. The molecule has 0 saturated carbocycles. The third kappa shape index (κ3) is 4.08. The van der Waals surface area contributed by atoms with Crippen LogP contribution in [0.4, 0.5) is 5.88 Å². The first-order valence-corrected chi connectivity index (χ1v) is 9.76. The number of aromatic nitrogens is 1. The number of hydrogen-bond acceptors (Lipinski definition) is 5. The first-order chi connectivity index (χ1) is 12.0. The Kier molecular flexibility index (Phi) is 5.19. The fourth-order valence-electron chi connectivity index (χ4n) is 2.82. The van der Waals surface area contributed by atoms with Crippen molar-refractivity contribution in [3.63, 3.8) is 0 Å². The van der Waals surface area contributed by atoms with E-state index < -0.39 is 10.0 Å². The number of sulfonamides is 1. The standard InChI is InChI=1S/C17H21N3O4S/c1-13-12-16(24-19-13)18-17(21)14-6-8-15(9-7-14)25(22,23)20-10-4-2-3-5-11-20/h6-9,12H,2-5,10-11H2,1H3,(H,18,21). The molecule has 0 radical (unpaired) electrons. The number of aryl methyl sites for hydroxylation is 1. The van der Waals surface area contributed by atoms with Crippen molar-refractivity contribution in [2.75, 3.05) is 18.4 Å². The number of carbonyl (C=O) groups excluding carboxylic acids is 1. The third-order valence-corrected chi connectivity index (χ3v) is 6.10. The number of nitrogens with one attached hydrogen (secondary N) is 1. The molecule has 7 nitrogen and oxygen atoms in total. The average molecular weight is 363 g/mol. The molecule has 8 heteroatoms. The zero-order chi connectivity index (χ0) is 17.9. The molecule has 0 atom stereocenters. The van der Waals surface area contributed by atoms with Crippen LogP contribution in [0.1, 0.15) is 41.7 Å². The summed E-state index contributed by atoms with van der Waals surface area (Å²) in [6, 6.07) is 7.56. The van der Waals surface area contributed by atoms with Gasteiger partial charge in [-0.25, -0.2) is 8.42 Å². The van der Waals surface area contributed by atoms with E-state index in [1.165, 1.54) is 28.6 Å². The largest absolute Gasteiger partial charge is 0.338 e. The predicted molar refractivity (Wildman–Crippen MR) is 92.9 cm³/mol. The smallest absolute Gasteiger partial charge is 0.258 e. The van der Waals surface area contributed by atoms with E-state index in [4.69, 9.17) is 4.52 Å². The van der Waals surface area contributed by atoms with Crippen LogP contribution in [0, 0.1) is 6.92 Å². The molecular formula is C17H21N3O4S. The second-order valence-electron chi connectivity index (χ2n) is 6.13. The van der Waals surface area contributed by atoms with E-state index >= 15 is 0 Å². The average Bonchev–Trinajstić information content (AvgIpc) is 2.85. The summed E-state index contributed by atoms with van der Waals surface area (Å²) in [6.07, 6.45) is 3.89. The van der Waals surface area contributed by atoms with Crippen LogP contribution in [0.15, 0.2) is 39.8 Å². The van der Waals surface area contributed by atoms with Crippen LogP contribution in [0.3, 0.4) is 0 Å². The van der Waals surface area contributed by atoms with Crippen molar-refractivity contribution in [2.45, 2.75) is 37.5 Å². The highest BCUT2D eigenvalue weighted by molar-refractivity contribution is 7.89. The third-order valence-electron chi connectivity index (χ3n) is 4.18. The van der Waals surface area contributed by atoms with Gasteiger partial charge in [-0.05, 0) is 44.0 Å². The van der Waals surface area contributed by atoms with E-state index in [1.54, 1.807) is 13.0 Å². The van der Waals surface area contributed by atoms with Crippen LogP contribution < -0.4 is 5.32 Å². The Morgan fingerprint density at radius 3 is 2.32 bits per heavy atom. The lowest BCUT2D eigenvalue weighted by atomic mass is 10.2. The highest BCUT2D eigenvalue weighted by Crippen LogP contribution is 2.21. The van der Waals surface area contributed by atoms with Gasteiger partial charge < -0.3 is 4.52 Å². The maximum atomic E-state index is 12.7. The van der Waals surface area contributed by atoms with Crippen LogP contribution in [0.5, 0.6) is 0 Å². The Balaban J connectivity index is 1.73. The van der Waals surface area contributed by atoms with E-state index in [2.05, 4.69) is 10.5 Å². The van der Waals surface area contributed by atoms with Crippen LogP contribution in [-0.2, 0) is 10.0 Å². The van der Waals surface area contributed by atoms with Gasteiger partial charge in [0.1, 0.15) is 0 Å². The van der Waals surface area contributed by atoms with Gasteiger partial charge in [0, 0.05) is 24.7 Å². The number of anilines is 1. The Hall–Kier alpha value is -2.19. The van der Waals surface area contributed by atoms with Crippen molar-refractivity contribution in [3.8, 4) is 0 Å². The molecule has 2 heterocycles. The molecule has 1 saturated heterocycles. The van der Waals surface area contributed by atoms with E-state index in [-0.39, 0.29) is 16.7 Å². The first kappa shape index (κ1) is 17.6. The summed E-state index contributed by atoms with van der Waals surface area (Å²) in [5, 5.41) is 6.28. The SMILES string of the molecule is Cc1cc(NC(=O)c2ccc(S(=O)(=O)N3CCCCCC3)cc2)on1. The minimum absolute atomic E-state index is 0.210. The quantitative estimate of drug-likeness (QED) is 0.902. The van der Waals surface area contributed by atoms with E-state index in [9.17, 15) is 13.2 Å². The Morgan fingerprint density at radius 2 is 1.76 bits per heavy atom. The molecule has 1 aromatic carbocycles. The van der Waals surface area contributed by atoms with Gasteiger partial charge in [0.15, 0.2) is 0 Å². The van der Waals surface area contributed by atoms with Crippen molar-refractivity contribution >= 4 is 21.8 Å². The minimum atomic E-state index is -3.51. The molecule has 25 heavy (non-hydrogen) atoms. The second-order valence-corrected chi connectivity index (χ2v) is 8.07. The van der Waals surface area contributed by atoms with Crippen LogP contribution in [0.2, 0.25) is 0 Å². The monoisotopic (exact) mass is 363 g/mol. The van der Waals surface area contributed by atoms with Gasteiger partial charge in [0.2, 0.25) is 15.9 Å².